The maximum atomic E-state index is 12.2. The average molecular weight is 454 g/mol. The van der Waals surface area contributed by atoms with E-state index in [1.54, 1.807) is 11.8 Å². The SMILES string of the molecule is NS(=O)(=O)c1ccc(NC(=O)Cc2csc(SCc3cccc(Cl)c3)n2)cc1. The molecule has 0 aliphatic carbocycles. The van der Waals surface area contributed by atoms with Crippen LogP contribution in [0.4, 0.5) is 5.69 Å². The quantitative estimate of drug-likeness (QED) is 0.528. The standard InChI is InChI=1S/C18H16ClN3O3S3/c19-13-3-1-2-12(8-13)10-26-18-22-15(11-27-18)9-17(23)21-14-4-6-16(7-5-14)28(20,24)25/h1-8,11H,9-10H2,(H,21,23)(H2,20,24,25). The molecule has 0 radical (unpaired) electrons. The van der Waals surface area contributed by atoms with E-state index in [-0.39, 0.29) is 17.2 Å². The van der Waals surface area contributed by atoms with Crippen molar-refractivity contribution in [3.05, 3.63) is 70.2 Å². The number of sulfonamides is 1. The summed E-state index contributed by atoms with van der Waals surface area (Å²) in [7, 11) is -3.75. The highest BCUT2D eigenvalue weighted by atomic mass is 35.5. The van der Waals surface area contributed by atoms with Crippen LogP contribution >= 0.6 is 34.7 Å². The van der Waals surface area contributed by atoms with Gasteiger partial charge in [-0.25, -0.2) is 18.5 Å². The van der Waals surface area contributed by atoms with E-state index < -0.39 is 10.0 Å². The van der Waals surface area contributed by atoms with Gasteiger partial charge in [-0.05, 0) is 42.0 Å². The predicted octanol–water partition coefficient (Wildman–Crippen LogP) is 3.92. The van der Waals surface area contributed by atoms with Gasteiger partial charge in [0.2, 0.25) is 15.9 Å². The molecule has 1 amide bonds. The maximum Gasteiger partial charge on any atom is 0.238 e. The molecule has 0 bridgehead atoms. The molecule has 0 atom stereocenters. The number of aromatic nitrogens is 1. The summed E-state index contributed by atoms with van der Waals surface area (Å²) in [6.07, 6.45) is 0.130. The molecular weight excluding hydrogens is 438 g/mol. The number of benzene rings is 2. The van der Waals surface area contributed by atoms with Crippen molar-refractivity contribution >= 4 is 56.3 Å². The zero-order valence-electron chi connectivity index (χ0n) is 14.5. The molecular formula is C18H16ClN3O3S3. The summed E-state index contributed by atoms with van der Waals surface area (Å²) in [4.78, 5) is 16.6. The summed E-state index contributed by atoms with van der Waals surface area (Å²) < 4.78 is 23.4. The number of hydrogen-bond donors (Lipinski definition) is 2. The van der Waals surface area contributed by atoms with Gasteiger partial charge in [-0.3, -0.25) is 4.79 Å². The number of hydrogen-bond acceptors (Lipinski definition) is 6. The molecule has 28 heavy (non-hydrogen) atoms. The van der Waals surface area contributed by atoms with Crippen LogP contribution < -0.4 is 10.5 Å². The van der Waals surface area contributed by atoms with Crippen LogP contribution in [0.25, 0.3) is 0 Å². The van der Waals surface area contributed by atoms with Crippen molar-refractivity contribution in [1.29, 1.82) is 0 Å². The number of halogens is 1. The first-order valence-corrected chi connectivity index (χ1v) is 11.8. The van der Waals surface area contributed by atoms with Crippen LogP contribution in [0, 0.1) is 0 Å². The molecule has 0 fully saturated rings. The number of carbonyl (C=O) groups is 1. The van der Waals surface area contributed by atoms with Crippen LogP contribution in [0.2, 0.25) is 5.02 Å². The Bertz CT molecular complexity index is 1080. The van der Waals surface area contributed by atoms with Crippen LogP contribution in [0.1, 0.15) is 11.3 Å². The van der Waals surface area contributed by atoms with Gasteiger partial charge in [0.25, 0.3) is 0 Å². The Hall–Kier alpha value is -1.91. The molecule has 3 aromatic rings. The number of amides is 1. The summed E-state index contributed by atoms with van der Waals surface area (Å²) in [6, 6.07) is 13.3. The van der Waals surface area contributed by atoms with Gasteiger partial charge in [-0.2, -0.15) is 0 Å². The second-order valence-corrected chi connectivity index (χ2v) is 9.90. The molecule has 2 aromatic carbocycles. The van der Waals surface area contributed by atoms with Gasteiger partial charge >= 0.3 is 0 Å². The van der Waals surface area contributed by atoms with Crippen molar-refractivity contribution in [2.24, 2.45) is 5.14 Å². The number of rotatable bonds is 7. The van der Waals surface area contributed by atoms with Gasteiger partial charge in [0, 0.05) is 21.8 Å². The zero-order valence-corrected chi connectivity index (χ0v) is 17.7. The molecule has 10 heteroatoms. The Labute approximate surface area is 176 Å². The Morgan fingerprint density at radius 2 is 1.96 bits per heavy atom. The van der Waals surface area contributed by atoms with Gasteiger partial charge < -0.3 is 5.32 Å². The molecule has 0 aliphatic rings. The highest BCUT2D eigenvalue weighted by Crippen LogP contribution is 2.27. The fourth-order valence-corrected chi connectivity index (χ4v) is 4.82. The van der Waals surface area contributed by atoms with E-state index in [1.165, 1.54) is 35.6 Å². The first kappa shape index (κ1) is 20.8. The Kier molecular flexibility index (Phi) is 6.73. The first-order valence-electron chi connectivity index (χ1n) is 8.04. The molecule has 0 unspecified atom stereocenters. The lowest BCUT2D eigenvalue weighted by molar-refractivity contribution is -0.115. The molecule has 1 aromatic heterocycles. The fourth-order valence-electron chi connectivity index (χ4n) is 2.31. The highest BCUT2D eigenvalue weighted by molar-refractivity contribution is 8.00. The summed E-state index contributed by atoms with van der Waals surface area (Å²) in [6.45, 7) is 0. The van der Waals surface area contributed by atoms with Crippen LogP contribution in [0.3, 0.4) is 0 Å². The van der Waals surface area contributed by atoms with Gasteiger partial charge in [-0.15, -0.1) is 11.3 Å². The number of nitrogens with two attached hydrogens (primary N) is 1. The fraction of sp³-hybridized carbons (Fsp3) is 0.111. The molecule has 146 valence electrons. The van der Waals surface area contributed by atoms with E-state index in [9.17, 15) is 13.2 Å². The number of carbonyl (C=O) groups excluding carboxylic acids is 1. The van der Waals surface area contributed by atoms with Gasteiger partial charge in [0.05, 0.1) is 17.0 Å². The van der Waals surface area contributed by atoms with Crippen molar-refractivity contribution in [1.82, 2.24) is 4.98 Å². The van der Waals surface area contributed by atoms with Crippen molar-refractivity contribution in [2.45, 2.75) is 21.4 Å². The van der Waals surface area contributed by atoms with Crippen molar-refractivity contribution in [3.8, 4) is 0 Å². The lowest BCUT2D eigenvalue weighted by Crippen LogP contribution is -2.15. The predicted molar refractivity (Wildman–Crippen MR) is 113 cm³/mol. The van der Waals surface area contributed by atoms with Crippen LogP contribution in [0.5, 0.6) is 0 Å². The lowest BCUT2D eigenvalue weighted by Gasteiger charge is -2.05. The largest absolute Gasteiger partial charge is 0.326 e. The molecule has 0 saturated carbocycles. The van der Waals surface area contributed by atoms with E-state index in [4.69, 9.17) is 16.7 Å². The van der Waals surface area contributed by atoms with E-state index in [0.717, 1.165) is 15.7 Å². The number of nitrogens with zero attached hydrogens (tertiary/aromatic N) is 1. The number of primary sulfonamides is 1. The molecule has 0 aliphatic heterocycles. The summed E-state index contributed by atoms with van der Waals surface area (Å²) >= 11 is 9.05. The zero-order chi connectivity index (χ0) is 20.1. The summed E-state index contributed by atoms with van der Waals surface area (Å²) in [5.41, 5.74) is 2.27. The molecule has 3 N–H and O–H groups in total. The summed E-state index contributed by atoms with van der Waals surface area (Å²) in [5, 5.41) is 10.3. The van der Waals surface area contributed by atoms with E-state index in [1.807, 2.05) is 29.6 Å². The van der Waals surface area contributed by atoms with E-state index >= 15 is 0 Å². The number of thioether (sulfide) groups is 1. The lowest BCUT2D eigenvalue weighted by atomic mass is 10.2. The molecule has 1 heterocycles. The van der Waals surface area contributed by atoms with E-state index in [2.05, 4.69) is 10.3 Å². The van der Waals surface area contributed by atoms with Gasteiger partial charge in [-0.1, -0.05) is 35.5 Å². The molecule has 0 saturated heterocycles. The highest BCUT2D eigenvalue weighted by Gasteiger charge is 2.11. The van der Waals surface area contributed by atoms with Crippen molar-refractivity contribution < 1.29 is 13.2 Å². The average Bonchev–Trinajstić information content (AvgIpc) is 3.07. The number of anilines is 1. The molecule has 6 nitrogen and oxygen atoms in total. The van der Waals surface area contributed by atoms with Gasteiger partial charge in [0.15, 0.2) is 0 Å². The number of thiazole rings is 1. The van der Waals surface area contributed by atoms with Crippen LogP contribution in [-0.2, 0) is 27.0 Å². The summed E-state index contributed by atoms with van der Waals surface area (Å²) in [5.74, 6) is 0.510. The smallest absolute Gasteiger partial charge is 0.238 e. The third kappa shape index (κ3) is 6.05. The Morgan fingerprint density at radius 1 is 1.21 bits per heavy atom. The second kappa shape index (κ2) is 9.06. The van der Waals surface area contributed by atoms with Crippen LogP contribution in [0.15, 0.2) is 63.1 Å². The normalized spacial score (nSPS) is 11.4. The van der Waals surface area contributed by atoms with Crippen LogP contribution in [-0.4, -0.2) is 19.3 Å². The minimum atomic E-state index is -3.75. The number of nitrogens with one attached hydrogen (secondary N) is 1. The molecule has 0 spiro atoms. The second-order valence-electron chi connectivity index (χ2n) is 5.82. The Balaban J connectivity index is 1.53. The topological polar surface area (TPSA) is 102 Å². The van der Waals surface area contributed by atoms with Gasteiger partial charge in [0.1, 0.15) is 4.34 Å². The third-order valence-corrected chi connectivity index (χ3v) is 6.90. The third-order valence-electron chi connectivity index (χ3n) is 3.59. The minimum absolute atomic E-state index is 0.00799. The van der Waals surface area contributed by atoms with Crippen molar-refractivity contribution in [3.63, 3.8) is 0 Å². The molecule has 3 rings (SSSR count). The first-order chi connectivity index (χ1) is 13.3. The Morgan fingerprint density at radius 3 is 2.64 bits per heavy atom. The minimum Gasteiger partial charge on any atom is -0.326 e. The van der Waals surface area contributed by atoms with E-state index in [0.29, 0.717) is 16.4 Å². The van der Waals surface area contributed by atoms with Crippen molar-refractivity contribution in [2.75, 3.05) is 5.32 Å². The maximum absolute atomic E-state index is 12.2. The monoisotopic (exact) mass is 453 g/mol.